The van der Waals surface area contributed by atoms with Crippen LogP contribution in [-0.2, 0) is 9.53 Å². The van der Waals surface area contributed by atoms with Crippen LogP contribution in [0.4, 0.5) is 0 Å². The Hall–Kier alpha value is -1.39. The second-order valence-corrected chi connectivity index (χ2v) is 6.37. The Morgan fingerprint density at radius 1 is 0.833 bits per heavy atom. The molecule has 140 valence electrons. The number of allylic oxidation sites excluding steroid dienone is 1. The highest BCUT2D eigenvalue weighted by molar-refractivity contribution is 5.88. The van der Waals surface area contributed by atoms with Crippen LogP contribution in [0.1, 0.15) is 96.8 Å². The van der Waals surface area contributed by atoms with Gasteiger partial charge in [0.2, 0.25) is 5.70 Å². The fourth-order valence-corrected chi connectivity index (χ4v) is 2.73. The number of methoxy groups -OCH3 is 1. The van der Waals surface area contributed by atoms with E-state index in [0.717, 1.165) is 26.4 Å². The van der Waals surface area contributed by atoms with Crippen molar-refractivity contribution in [2.75, 3.05) is 7.11 Å². The van der Waals surface area contributed by atoms with E-state index in [1.807, 2.05) is 0 Å². The molecule has 0 unspecified atom stereocenters. The third kappa shape index (κ3) is 12.1. The first-order valence-corrected chi connectivity index (χ1v) is 9.51. The topological polar surface area (TPSA) is 76.0 Å². The predicted octanol–water partition coefficient (Wildman–Crippen LogP) is 6.18. The van der Waals surface area contributed by atoms with Crippen molar-refractivity contribution < 1.29 is 14.6 Å². The van der Waals surface area contributed by atoms with E-state index in [0.29, 0.717) is 6.42 Å². The van der Waals surface area contributed by atoms with Crippen molar-refractivity contribution >= 4 is 5.97 Å². The molecule has 0 heterocycles. The fourth-order valence-electron chi connectivity index (χ4n) is 2.73. The van der Waals surface area contributed by atoms with E-state index in [1.54, 1.807) is 0 Å². The normalized spacial score (nSPS) is 11.9. The monoisotopic (exact) mass is 341 g/mol. The Balaban J connectivity index is 3.49. The van der Waals surface area contributed by atoms with Crippen molar-refractivity contribution in [3.63, 3.8) is 0 Å². The largest absolute Gasteiger partial charge is 0.510 e. The number of esters is 1. The molecule has 0 fully saturated rings. The maximum atomic E-state index is 11.2. The number of hydrogen-bond donors (Lipinski definition) is 1. The van der Waals surface area contributed by atoms with Gasteiger partial charge in [0.15, 0.2) is 0 Å². The van der Waals surface area contributed by atoms with Gasteiger partial charge in [-0.2, -0.15) is 0 Å². The first-order chi connectivity index (χ1) is 11.7. The lowest BCUT2D eigenvalue weighted by atomic mass is 10.0. The maximum absolute atomic E-state index is 11.2. The van der Waals surface area contributed by atoms with Gasteiger partial charge in [-0.1, -0.05) is 84.0 Å². The summed E-state index contributed by atoms with van der Waals surface area (Å²) in [7, 11) is 1.16. The molecule has 0 aliphatic carbocycles. The minimum atomic E-state index is -0.878. The highest BCUT2D eigenvalue weighted by Crippen LogP contribution is 2.16. The molecule has 0 saturated carbocycles. The van der Waals surface area contributed by atoms with Crippen LogP contribution in [0.25, 0.3) is 0 Å². The zero-order valence-electron chi connectivity index (χ0n) is 15.5. The van der Waals surface area contributed by atoms with Crippen molar-refractivity contribution in [1.29, 1.82) is 0 Å². The average molecular weight is 341 g/mol. The van der Waals surface area contributed by atoms with Gasteiger partial charge in [0.25, 0.3) is 0 Å². The summed E-state index contributed by atoms with van der Waals surface area (Å²) in [4.78, 5) is 21.7. The number of nitrogens with zero attached hydrogens (tertiary/aromatic N) is 1. The molecule has 0 atom stereocenters. The molecule has 24 heavy (non-hydrogen) atoms. The summed E-state index contributed by atoms with van der Waals surface area (Å²) in [6.07, 6.45) is 16.4. The number of aliphatic hydroxyl groups excluding tert-OH is 1. The zero-order valence-corrected chi connectivity index (χ0v) is 15.5. The lowest BCUT2D eigenvalue weighted by Gasteiger charge is -2.04. The van der Waals surface area contributed by atoms with E-state index in [9.17, 15) is 14.8 Å². The molecular weight excluding hydrogens is 306 g/mol. The van der Waals surface area contributed by atoms with Crippen LogP contribution in [0, 0.1) is 4.91 Å². The van der Waals surface area contributed by atoms with Gasteiger partial charge in [0.05, 0.1) is 7.11 Å². The van der Waals surface area contributed by atoms with Gasteiger partial charge in [0, 0.05) is 6.42 Å². The Morgan fingerprint density at radius 3 is 1.62 bits per heavy atom. The van der Waals surface area contributed by atoms with Gasteiger partial charge in [-0.15, -0.1) is 4.91 Å². The Kier molecular flexibility index (Phi) is 15.5. The SMILES string of the molecule is CCCCCCCCCCCCCCCC(O)=C(N=O)C(=O)OC. The van der Waals surface area contributed by atoms with Crippen molar-refractivity contribution in [2.45, 2.75) is 96.8 Å². The summed E-state index contributed by atoms with van der Waals surface area (Å²) in [5.74, 6) is -1.14. The minimum absolute atomic E-state index is 0.264. The highest BCUT2D eigenvalue weighted by atomic mass is 16.5. The first kappa shape index (κ1) is 22.6. The Labute approximate surface area is 146 Å². The Morgan fingerprint density at radius 2 is 1.25 bits per heavy atom. The van der Waals surface area contributed by atoms with Gasteiger partial charge in [-0.05, 0) is 11.6 Å². The van der Waals surface area contributed by atoms with Crippen molar-refractivity contribution in [3.05, 3.63) is 16.4 Å². The van der Waals surface area contributed by atoms with E-state index in [1.165, 1.54) is 64.2 Å². The predicted molar refractivity (Wildman–Crippen MR) is 97.8 cm³/mol. The van der Waals surface area contributed by atoms with Crippen LogP contribution >= 0.6 is 0 Å². The van der Waals surface area contributed by atoms with E-state index in [4.69, 9.17) is 0 Å². The molecule has 5 nitrogen and oxygen atoms in total. The Bertz CT molecular complexity index is 366. The molecule has 5 heteroatoms. The number of ether oxygens (including phenoxy) is 1. The molecule has 0 rings (SSSR count). The summed E-state index contributed by atoms with van der Waals surface area (Å²) in [5, 5.41) is 12.2. The molecule has 0 saturated heterocycles. The number of rotatable bonds is 16. The van der Waals surface area contributed by atoms with Crippen LogP contribution in [0.2, 0.25) is 0 Å². The standard InChI is InChI=1S/C19H35NO4/c1-3-4-5-6-7-8-9-10-11-12-13-14-15-16-17(21)18(20-23)19(22)24-2/h21H,3-16H2,1-2H3. The van der Waals surface area contributed by atoms with Gasteiger partial charge in [0.1, 0.15) is 5.76 Å². The molecule has 0 aromatic rings. The van der Waals surface area contributed by atoms with Gasteiger partial charge >= 0.3 is 5.97 Å². The molecule has 0 amide bonds. The van der Waals surface area contributed by atoms with Gasteiger partial charge in [-0.25, -0.2) is 4.79 Å². The summed E-state index contributed by atoms with van der Waals surface area (Å²) in [5.41, 5.74) is -0.503. The maximum Gasteiger partial charge on any atom is 0.363 e. The van der Waals surface area contributed by atoms with Crippen LogP contribution in [0.5, 0.6) is 0 Å². The lowest BCUT2D eigenvalue weighted by Crippen LogP contribution is -2.05. The summed E-state index contributed by atoms with van der Waals surface area (Å²) in [6, 6.07) is 0. The van der Waals surface area contributed by atoms with E-state index < -0.39 is 11.7 Å². The van der Waals surface area contributed by atoms with Crippen molar-refractivity contribution in [1.82, 2.24) is 0 Å². The fraction of sp³-hybridized carbons (Fsp3) is 0.842. The number of aliphatic hydroxyl groups is 1. The number of carbonyl (C=O) groups excluding carboxylic acids is 1. The van der Waals surface area contributed by atoms with Crippen LogP contribution in [0.15, 0.2) is 16.6 Å². The second kappa shape index (κ2) is 16.5. The van der Waals surface area contributed by atoms with Gasteiger partial charge in [-0.3, -0.25) is 0 Å². The summed E-state index contributed by atoms with van der Waals surface area (Å²) in [6.45, 7) is 2.24. The number of carbonyl (C=O) groups is 1. The lowest BCUT2D eigenvalue weighted by molar-refractivity contribution is -0.136. The van der Waals surface area contributed by atoms with Crippen LogP contribution < -0.4 is 0 Å². The van der Waals surface area contributed by atoms with Crippen molar-refractivity contribution in [3.8, 4) is 0 Å². The van der Waals surface area contributed by atoms with E-state index >= 15 is 0 Å². The quantitative estimate of drug-likeness (QED) is 0.120. The highest BCUT2D eigenvalue weighted by Gasteiger charge is 2.16. The molecular formula is C19H35NO4. The van der Waals surface area contributed by atoms with E-state index in [2.05, 4.69) is 16.8 Å². The molecule has 0 bridgehead atoms. The first-order valence-electron chi connectivity index (χ1n) is 9.51. The van der Waals surface area contributed by atoms with Crippen molar-refractivity contribution in [2.24, 2.45) is 5.18 Å². The molecule has 0 aromatic heterocycles. The molecule has 0 radical (unpaired) electrons. The molecule has 0 aliphatic rings. The average Bonchev–Trinajstić information content (AvgIpc) is 2.59. The molecule has 0 aromatic carbocycles. The molecule has 0 aliphatic heterocycles. The zero-order chi connectivity index (χ0) is 18.0. The summed E-state index contributed by atoms with van der Waals surface area (Å²) < 4.78 is 4.39. The smallest absolute Gasteiger partial charge is 0.363 e. The molecule has 1 N–H and O–H groups in total. The number of unbranched alkanes of at least 4 members (excludes halogenated alkanes) is 12. The number of hydrogen-bond acceptors (Lipinski definition) is 5. The van der Waals surface area contributed by atoms with Crippen LogP contribution in [-0.4, -0.2) is 18.2 Å². The van der Waals surface area contributed by atoms with Gasteiger partial charge < -0.3 is 9.84 Å². The van der Waals surface area contributed by atoms with Crippen LogP contribution in [0.3, 0.4) is 0 Å². The minimum Gasteiger partial charge on any atom is -0.510 e. The third-order valence-electron chi connectivity index (χ3n) is 4.26. The van der Waals surface area contributed by atoms with E-state index in [-0.39, 0.29) is 5.76 Å². The number of nitroso groups, excluding NO2 is 1. The summed E-state index contributed by atoms with van der Waals surface area (Å²) >= 11 is 0. The second-order valence-electron chi connectivity index (χ2n) is 6.37. The third-order valence-corrected chi connectivity index (χ3v) is 4.26. The molecule has 0 spiro atoms.